The maximum Gasteiger partial charge on any atom is 0.271 e. The van der Waals surface area contributed by atoms with E-state index < -0.39 is 0 Å². The molecule has 1 fully saturated rings. The number of hydrogen-bond acceptors (Lipinski definition) is 5. The average molecular weight is 340 g/mol. The van der Waals surface area contributed by atoms with Crippen molar-refractivity contribution in [2.45, 2.75) is 18.4 Å². The van der Waals surface area contributed by atoms with Crippen LogP contribution in [0.5, 0.6) is 0 Å². The Kier molecular flexibility index (Phi) is 3.78. The zero-order valence-corrected chi connectivity index (χ0v) is 13.3. The molecule has 0 radical (unpaired) electrons. The SMILES string of the molecule is O=C(N[C@H]1C[C@@H]1c1ccc(F)cc1)c1csc(-c2cnccn2)n1. The first kappa shape index (κ1) is 14.9. The number of nitrogens with one attached hydrogen (secondary N) is 1. The van der Waals surface area contributed by atoms with Crippen molar-refractivity contribution in [3.63, 3.8) is 0 Å². The van der Waals surface area contributed by atoms with Crippen molar-refractivity contribution in [3.05, 3.63) is 65.3 Å². The fourth-order valence-corrected chi connectivity index (χ4v) is 3.34. The molecule has 24 heavy (non-hydrogen) atoms. The highest BCUT2D eigenvalue weighted by Gasteiger charge is 2.39. The largest absolute Gasteiger partial charge is 0.347 e. The second-order valence-electron chi connectivity index (χ2n) is 5.60. The van der Waals surface area contributed by atoms with Crippen LogP contribution in [0.4, 0.5) is 4.39 Å². The molecule has 0 unspecified atom stereocenters. The molecule has 5 nitrogen and oxygen atoms in total. The van der Waals surface area contributed by atoms with Crippen LogP contribution in [0.3, 0.4) is 0 Å². The Balaban J connectivity index is 1.41. The van der Waals surface area contributed by atoms with Crippen LogP contribution >= 0.6 is 11.3 Å². The second kappa shape index (κ2) is 6.09. The molecule has 1 aromatic carbocycles. The maximum absolute atomic E-state index is 13.0. The molecule has 2 atom stereocenters. The monoisotopic (exact) mass is 340 g/mol. The summed E-state index contributed by atoms with van der Waals surface area (Å²) in [6.07, 6.45) is 5.66. The van der Waals surface area contributed by atoms with E-state index in [-0.39, 0.29) is 23.7 Å². The van der Waals surface area contributed by atoms with E-state index in [2.05, 4.69) is 20.3 Å². The highest BCUT2D eigenvalue weighted by atomic mass is 32.1. The molecule has 120 valence electrons. The van der Waals surface area contributed by atoms with E-state index in [0.717, 1.165) is 12.0 Å². The van der Waals surface area contributed by atoms with Crippen molar-refractivity contribution < 1.29 is 9.18 Å². The lowest BCUT2D eigenvalue weighted by atomic mass is 10.1. The average Bonchev–Trinajstić information content (AvgIpc) is 3.19. The summed E-state index contributed by atoms with van der Waals surface area (Å²) >= 11 is 1.36. The van der Waals surface area contributed by atoms with Crippen molar-refractivity contribution in [1.29, 1.82) is 0 Å². The molecule has 0 saturated heterocycles. The minimum atomic E-state index is -0.251. The third-order valence-corrected chi connectivity index (χ3v) is 4.79. The van der Waals surface area contributed by atoms with E-state index in [1.807, 2.05) is 0 Å². The summed E-state index contributed by atoms with van der Waals surface area (Å²) in [6, 6.07) is 6.49. The predicted octanol–water partition coefficient (Wildman–Crippen LogP) is 3.03. The molecular formula is C17H13FN4OS. The quantitative estimate of drug-likeness (QED) is 0.793. The highest BCUT2D eigenvalue weighted by Crippen LogP contribution is 2.40. The third-order valence-electron chi connectivity index (χ3n) is 3.92. The molecule has 1 N–H and O–H groups in total. The van der Waals surface area contributed by atoms with E-state index in [9.17, 15) is 9.18 Å². The fourth-order valence-electron chi connectivity index (χ4n) is 2.58. The number of amides is 1. The third kappa shape index (κ3) is 3.03. The van der Waals surface area contributed by atoms with Crippen LogP contribution in [0.15, 0.2) is 48.2 Å². The Bertz CT molecular complexity index is 866. The normalized spacial score (nSPS) is 19.0. The van der Waals surface area contributed by atoms with Gasteiger partial charge >= 0.3 is 0 Å². The van der Waals surface area contributed by atoms with E-state index in [4.69, 9.17) is 0 Å². The number of halogens is 1. The molecule has 0 aliphatic heterocycles. The Labute approximate surface area is 141 Å². The number of nitrogens with zero attached hydrogens (tertiary/aromatic N) is 3. The van der Waals surface area contributed by atoms with Crippen molar-refractivity contribution in [2.75, 3.05) is 0 Å². The van der Waals surface area contributed by atoms with Gasteiger partial charge in [0.15, 0.2) is 0 Å². The van der Waals surface area contributed by atoms with Crippen LogP contribution in [-0.4, -0.2) is 26.9 Å². The fraction of sp³-hybridized carbons (Fsp3) is 0.176. The molecule has 0 bridgehead atoms. The number of rotatable bonds is 4. The summed E-state index contributed by atoms with van der Waals surface area (Å²) in [4.78, 5) is 24.8. The van der Waals surface area contributed by atoms with Crippen LogP contribution in [0.1, 0.15) is 28.4 Å². The van der Waals surface area contributed by atoms with Crippen LogP contribution in [0, 0.1) is 5.82 Å². The van der Waals surface area contributed by atoms with Crippen LogP contribution in [-0.2, 0) is 0 Å². The lowest BCUT2D eigenvalue weighted by molar-refractivity contribution is 0.0946. The smallest absolute Gasteiger partial charge is 0.271 e. The summed E-state index contributed by atoms with van der Waals surface area (Å²) in [6.45, 7) is 0. The number of carbonyl (C=O) groups excluding carboxylic acids is 1. The zero-order valence-electron chi connectivity index (χ0n) is 12.5. The van der Waals surface area contributed by atoms with Gasteiger partial charge in [-0.25, -0.2) is 9.37 Å². The van der Waals surface area contributed by atoms with Gasteiger partial charge in [-0.1, -0.05) is 12.1 Å². The Morgan fingerprint density at radius 1 is 1.25 bits per heavy atom. The maximum atomic E-state index is 13.0. The van der Waals surface area contributed by atoms with E-state index in [1.165, 1.54) is 23.5 Å². The van der Waals surface area contributed by atoms with Gasteiger partial charge in [0.2, 0.25) is 0 Å². The number of aromatic nitrogens is 3. The van der Waals surface area contributed by atoms with Gasteiger partial charge in [-0.05, 0) is 24.1 Å². The molecule has 4 rings (SSSR count). The lowest BCUT2D eigenvalue weighted by Gasteiger charge is -2.03. The number of thiazole rings is 1. The molecule has 1 aliphatic rings. The Morgan fingerprint density at radius 3 is 2.83 bits per heavy atom. The first-order valence-corrected chi connectivity index (χ1v) is 8.37. The van der Waals surface area contributed by atoms with E-state index in [1.54, 1.807) is 36.1 Å². The predicted molar refractivity (Wildman–Crippen MR) is 88.2 cm³/mol. The highest BCUT2D eigenvalue weighted by molar-refractivity contribution is 7.13. The topological polar surface area (TPSA) is 67.8 Å². The summed E-state index contributed by atoms with van der Waals surface area (Å²) in [5.74, 6) is -0.206. The van der Waals surface area contributed by atoms with Crippen molar-refractivity contribution in [2.24, 2.45) is 0 Å². The standard InChI is InChI=1S/C17H13FN4OS/c18-11-3-1-10(2-4-11)12-7-13(12)21-16(23)15-9-24-17(22-15)14-8-19-5-6-20-14/h1-6,8-9,12-13H,7H2,(H,21,23)/t12-,13+/m1/s1. The number of carbonyl (C=O) groups is 1. The molecule has 7 heteroatoms. The first-order chi connectivity index (χ1) is 11.7. The Hall–Kier alpha value is -2.67. The number of hydrogen-bond donors (Lipinski definition) is 1. The van der Waals surface area contributed by atoms with Crippen LogP contribution in [0.25, 0.3) is 10.7 Å². The van der Waals surface area contributed by atoms with Gasteiger partial charge in [0.25, 0.3) is 5.91 Å². The molecular weight excluding hydrogens is 327 g/mol. The molecule has 0 spiro atoms. The van der Waals surface area contributed by atoms with E-state index >= 15 is 0 Å². The zero-order chi connectivity index (χ0) is 16.5. The van der Waals surface area contributed by atoms with Gasteiger partial charge in [0.1, 0.15) is 22.2 Å². The second-order valence-corrected chi connectivity index (χ2v) is 6.46. The number of benzene rings is 1. The molecule has 1 aliphatic carbocycles. The molecule has 1 amide bonds. The molecule has 2 aromatic heterocycles. The van der Waals surface area contributed by atoms with Gasteiger partial charge in [-0.3, -0.25) is 14.8 Å². The van der Waals surface area contributed by atoms with Crippen molar-refractivity contribution >= 4 is 17.2 Å². The molecule has 2 heterocycles. The van der Waals surface area contributed by atoms with Gasteiger partial charge in [0.05, 0.1) is 6.20 Å². The van der Waals surface area contributed by atoms with Crippen molar-refractivity contribution in [1.82, 2.24) is 20.3 Å². The minimum Gasteiger partial charge on any atom is -0.347 e. The minimum absolute atomic E-state index is 0.0737. The van der Waals surface area contributed by atoms with Gasteiger partial charge in [-0.15, -0.1) is 11.3 Å². The van der Waals surface area contributed by atoms with Crippen molar-refractivity contribution in [3.8, 4) is 10.7 Å². The summed E-state index contributed by atoms with van der Waals surface area (Å²) in [7, 11) is 0. The van der Waals surface area contributed by atoms with Gasteiger partial charge < -0.3 is 5.32 Å². The van der Waals surface area contributed by atoms with Gasteiger partial charge in [0, 0.05) is 29.7 Å². The van der Waals surface area contributed by atoms with E-state index in [0.29, 0.717) is 16.4 Å². The summed E-state index contributed by atoms with van der Waals surface area (Å²) in [5.41, 5.74) is 2.07. The first-order valence-electron chi connectivity index (χ1n) is 7.49. The summed E-state index contributed by atoms with van der Waals surface area (Å²) in [5, 5.41) is 5.36. The lowest BCUT2D eigenvalue weighted by Crippen LogP contribution is -2.26. The van der Waals surface area contributed by atoms with Gasteiger partial charge in [-0.2, -0.15) is 0 Å². The Morgan fingerprint density at radius 2 is 2.08 bits per heavy atom. The van der Waals surface area contributed by atoms with Crippen LogP contribution in [0.2, 0.25) is 0 Å². The molecule has 3 aromatic rings. The summed E-state index contributed by atoms with van der Waals surface area (Å²) < 4.78 is 13.0. The molecule has 1 saturated carbocycles. The van der Waals surface area contributed by atoms with Crippen LogP contribution < -0.4 is 5.32 Å².